The molecule has 0 bridgehead atoms. The number of hydrogen-bond donors (Lipinski definition) is 1. The van der Waals surface area contributed by atoms with Gasteiger partial charge in [-0.15, -0.1) is 0 Å². The lowest BCUT2D eigenvalue weighted by atomic mass is 10.1. The fourth-order valence-electron chi connectivity index (χ4n) is 2.71. The highest BCUT2D eigenvalue weighted by molar-refractivity contribution is 8.18. The fraction of sp³-hybridized carbons (Fsp3) is 0.227. The van der Waals surface area contributed by atoms with E-state index in [2.05, 4.69) is 5.32 Å². The van der Waals surface area contributed by atoms with Crippen LogP contribution in [0, 0.1) is 11.6 Å². The molecule has 1 heterocycles. The third-order valence-corrected chi connectivity index (χ3v) is 5.40. The van der Waals surface area contributed by atoms with Crippen LogP contribution < -0.4 is 10.1 Å². The molecule has 31 heavy (non-hydrogen) atoms. The van der Waals surface area contributed by atoms with Crippen molar-refractivity contribution in [3.05, 3.63) is 64.6 Å². The molecule has 6 nitrogen and oxygen atoms in total. The average molecular weight is 446 g/mol. The number of hydrogen-bond acceptors (Lipinski definition) is 5. The van der Waals surface area contributed by atoms with Gasteiger partial charge in [0.25, 0.3) is 11.1 Å². The molecule has 162 valence electrons. The van der Waals surface area contributed by atoms with Crippen molar-refractivity contribution in [3.63, 3.8) is 0 Å². The van der Waals surface area contributed by atoms with Gasteiger partial charge in [0.1, 0.15) is 23.9 Å². The van der Waals surface area contributed by atoms with Crippen molar-refractivity contribution in [2.45, 2.75) is 26.4 Å². The molecule has 1 fully saturated rings. The number of rotatable bonds is 7. The fourth-order valence-corrected chi connectivity index (χ4v) is 3.54. The third-order valence-electron chi connectivity index (χ3n) is 4.49. The summed E-state index contributed by atoms with van der Waals surface area (Å²) in [7, 11) is 0. The maximum absolute atomic E-state index is 13.7. The Hall–Kier alpha value is -3.20. The van der Waals surface area contributed by atoms with Crippen molar-refractivity contribution in [1.29, 1.82) is 0 Å². The summed E-state index contributed by atoms with van der Waals surface area (Å²) in [5, 5.41) is 1.61. The van der Waals surface area contributed by atoms with Crippen molar-refractivity contribution in [2.75, 3.05) is 11.9 Å². The van der Waals surface area contributed by atoms with Crippen molar-refractivity contribution in [3.8, 4) is 5.75 Å². The summed E-state index contributed by atoms with van der Waals surface area (Å²) in [5.74, 6) is -2.59. The zero-order valence-electron chi connectivity index (χ0n) is 16.9. The van der Waals surface area contributed by atoms with Crippen molar-refractivity contribution in [1.82, 2.24) is 4.90 Å². The maximum Gasteiger partial charge on any atom is 0.294 e. The van der Waals surface area contributed by atoms with Gasteiger partial charge >= 0.3 is 0 Å². The molecule has 1 aliphatic heterocycles. The second kappa shape index (κ2) is 9.74. The van der Waals surface area contributed by atoms with Gasteiger partial charge in [-0.2, -0.15) is 0 Å². The van der Waals surface area contributed by atoms with Crippen molar-refractivity contribution >= 4 is 40.6 Å². The van der Waals surface area contributed by atoms with Gasteiger partial charge in [0.05, 0.1) is 16.7 Å². The maximum atomic E-state index is 13.7. The number of halogens is 2. The van der Waals surface area contributed by atoms with E-state index in [0.717, 1.165) is 23.5 Å². The number of benzene rings is 2. The number of imide groups is 1. The van der Waals surface area contributed by atoms with Gasteiger partial charge in [0.2, 0.25) is 5.91 Å². The number of thioether (sulfide) groups is 1. The number of nitrogens with zero attached hydrogens (tertiary/aromatic N) is 1. The van der Waals surface area contributed by atoms with Gasteiger partial charge in [-0.1, -0.05) is 25.1 Å². The zero-order valence-corrected chi connectivity index (χ0v) is 17.7. The minimum absolute atomic E-state index is 0.0276. The van der Waals surface area contributed by atoms with Gasteiger partial charge < -0.3 is 10.1 Å². The first-order chi connectivity index (χ1) is 14.8. The molecule has 3 rings (SSSR count). The van der Waals surface area contributed by atoms with E-state index < -0.39 is 35.2 Å². The number of ether oxygens (including phenoxy) is 1. The lowest BCUT2D eigenvalue weighted by molar-refractivity contribution is -0.127. The quantitative estimate of drug-likeness (QED) is 0.618. The molecule has 0 radical (unpaired) electrons. The molecule has 1 atom stereocenters. The second-order valence-corrected chi connectivity index (χ2v) is 7.81. The van der Waals surface area contributed by atoms with Crippen LogP contribution in [0.1, 0.15) is 25.8 Å². The van der Waals surface area contributed by atoms with E-state index in [0.29, 0.717) is 29.1 Å². The summed E-state index contributed by atoms with van der Waals surface area (Å²) in [6, 6.07) is 9.79. The van der Waals surface area contributed by atoms with Crippen LogP contribution >= 0.6 is 11.8 Å². The van der Waals surface area contributed by atoms with E-state index in [-0.39, 0.29) is 16.7 Å². The first-order valence-electron chi connectivity index (χ1n) is 9.54. The average Bonchev–Trinajstić information content (AvgIpc) is 2.98. The van der Waals surface area contributed by atoms with Crippen LogP contribution in [0.5, 0.6) is 5.75 Å². The standard InChI is InChI=1S/C22H20F2N2O4S/c1-3-13(2)30-18-7-5-4-6-14(18)10-19-21(28)26(22(29)31-19)12-20(27)25-17-9-8-15(23)11-16(17)24/h4-11,13H,3,12H2,1-2H3,(H,25,27). The SMILES string of the molecule is CCC(C)Oc1ccccc1C=C1SC(=O)N(CC(=O)Nc2ccc(F)cc2F)C1=O. The Morgan fingerprint density at radius 1 is 1.23 bits per heavy atom. The monoisotopic (exact) mass is 446 g/mol. The van der Waals surface area contributed by atoms with Crippen LogP contribution in [-0.2, 0) is 9.59 Å². The lowest BCUT2D eigenvalue weighted by Gasteiger charge is -2.15. The van der Waals surface area contributed by atoms with Crippen LogP contribution in [0.4, 0.5) is 19.3 Å². The Morgan fingerprint density at radius 3 is 2.68 bits per heavy atom. The predicted octanol–water partition coefficient (Wildman–Crippen LogP) is 4.82. The Labute approximate surface area is 182 Å². The summed E-state index contributed by atoms with van der Waals surface area (Å²) in [6.45, 7) is 3.32. The Morgan fingerprint density at radius 2 is 1.97 bits per heavy atom. The van der Waals surface area contributed by atoms with Gasteiger partial charge in [-0.05, 0) is 49.4 Å². The summed E-state index contributed by atoms with van der Waals surface area (Å²) < 4.78 is 32.6. The molecular weight excluding hydrogens is 426 g/mol. The normalized spacial score (nSPS) is 16.0. The summed E-state index contributed by atoms with van der Waals surface area (Å²) in [4.78, 5) is 38.1. The number of anilines is 1. The molecule has 1 N–H and O–H groups in total. The Balaban J connectivity index is 1.73. The highest BCUT2D eigenvalue weighted by Gasteiger charge is 2.36. The van der Waals surface area contributed by atoms with Crippen molar-refractivity contribution < 1.29 is 27.9 Å². The highest BCUT2D eigenvalue weighted by atomic mass is 32.2. The predicted molar refractivity (Wildman–Crippen MR) is 114 cm³/mol. The number of carbonyl (C=O) groups excluding carboxylic acids is 3. The molecule has 2 aromatic rings. The van der Waals surface area contributed by atoms with E-state index in [9.17, 15) is 23.2 Å². The molecule has 0 aliphatic carbocycles. The molecule has 3 amide bonds. The van der Waals surface area contributed by atoms with Gasteiger partial charge in [-0.25, -0.2) is 8.78 Å². The van der Waals surface area contributed by atoms with Crippen LogP contribution in [0.3, 0.4) is 0 Å². The minimum atomic E-state index is -0.958. The summed E-state index contributed by atoms with van der Waals surface area (Å²) in [5.41, 5.74) is 0.385. The zero-order chi connectivity index (χ0) is 22.5. The molecular formula is C22H20F2N2O4S. The first-order valence-corrected chi connectivity index (χ1v) is 10.4. The Kier molecular flexibility index (Phi) is 7.06. The van der Waals surface area contributed by atoms with E-state index in [1.807, 2.05) is 13.8 Å². The molecule has 1 unspecified atom stereocenters. The third kappa shape index (κ3) is 5.49. The van der Waals surface area contributed by atoms with Gasteiger partial charge in [0.15, 0.2) is 0 Å². The largest absolute Gasteiger partial charge is 0.490 e. The number of nitrogens with one attached hydrogen (secondary N) is 1. The minimum Gasteiger partial charge on any atom is -0.490 e. The van der Waals surface area contributed by atoms with Gasteiger partial charge in [-0.3, -0.25) is 19.3 Å². The van der Waals surface area contributed by atoms with Crippen molar-refractivity contribution in [2.24, 2.45) is 0 Å². The summed E-state index contributed by atoms with van der Waals surface area (Å²) in [6.07, 6.45) is 2.31. The van der Waals surface area contributed by atoms with Crippen LogP contribution in [0.25, 0.3) is 6.08 Å². The van der Waals surface area contributed by atoms with Crippen LogP contribution in [0.2, 0.25) is 0 Å². The van der Waals surface area contributed by atoms with E-state index in [1.54, 1.807) is 30.3 Å². The second-order valence-electron chi connectivity index (χ2n) is 6.81. The molecule has 1 saturated heterocycles. The van der Waals surface area contributed by atoms with Crippen LogP contribution in [-0.4, -0.2) is 34.6 Å². The molecule has 0 spiro atoms. The molecule has 2 aromatic carbocycles. The highest BCUT2D eigenvalue weighted by Crippen LogP contribution is 2.34. The molecule has 0 saturated carbocycles. The van der Waals surface area contributed by atoms with Crippen LogP contribution in [0.15, 0.2) is 47.4 Å². The van der Waals surface area contributed by atoms with E-state index in [4.69, 9.17) is 4.74 Å². The molecule has 1 aliphatic rings. The topological polar surface area (TPSA) is 75.7 Å². The molecule has 9 heteroatoms. The molecule has 0 aromatic heterocycles. The lowest BCUT2D eigenvalue weighted by Crippen LogP contribution is -2.36. The first kappa shape index (κ1) is 22.5. The number of carbonyl (C=O) groups is 3. The Bertz CT molecular complexity index is 1060. The van der Waals surface area contributed by atoms with E-state index >= 15 is 0 Å². The van der Waals surface area contributed by atoms with Gasteiger partial charge in [0, 0.05) is 11.6 Å². The van der Waals surface area contributed by atoms with E-state index in [1.165, 1.54) is 0 Å². The number of para-hydroxylation sites is 1. The smallest absolute Gasteiger partial charge is 0.294 e. The summed E-state index contributed by atoms with van der Waals surface area (Å²) >= 11 is 0.703. The number of amides is 3.